The summed E-state index contributed by atoms with van der Waals surface area (Å²) in [5.74, 6) is 1.17. The van der Waals surface area contributed by atoms with E-state index in [0.29, 0.717) is 0 Å². The number of nitrogens with zero attached hydrogens (tertiary/aromatic N) is 2. The Hall–Kier alpha value is -2.14. The van der Waals surface area contributed by atoms with Crippen LogP contribution in [0, 0.1) is 12.8 Å². The van der Waals surface area contributed by atoms with Crippen LogP contribution in [0.4, 0.5) is 5.69 Å². The first-order chi connectivity index (χ1) is 8.24. The summed E-state index contributed by atoms with van der Waals surface area (Å²) in [6, 6.07) is 10.6. The molecule has 0 fully saturated rings. The van der Waals surface area contributed by atoms with Gasteiger partial charge in [-0.25, -0.2) is 0 Å². The van der Waals surface area contributed by atoms with Crippen molar-refractivity contribution >= 4 is 11.7 Å². The van der Waals surface area contributed by atoms with Gasteiger partial charge in [0, 0.05) is 5.92 Å². The minimum absolute atomic E-state index is 0.742. The molecule has 0 aromatic heterocycles. The van der Waals surface area contributed by atoms with E-state index in [4.69, 9.17) is 0 Å². The number of hydrogen-bond acceptors (Lipinski definition) is 2. The number of aryl methyl sites for hydroxylation is 1. The highest BCUT2D eigenvalue weighted by Crippen LogP contribution is 2.12. The van der Waals surface area contributed by atoms with Gasteiger partial charge in [0.15, 0.2) is 0 Å². The molecule has 2 rings (SSSR count). The van der Waals surface area contributed by atoms with Gasteiger partial charge in [0.25, 0.3) is 0 Å². The summed E-state index contributed by atoms with van der Waals surface area (Å²) in [5, 5.41) is 0. The van der Waals surface area contributed by atoms with Gasteiger partial charge in [0.1, 0.15) is 11.7 Å². The van der Waals surface area contributed by atoms with Crippen LogP contribution in [0.5, 0.6) is 0 Å². The molecule has 0 saturated carbocycles. The van der Waals surface area contributed by atoms with Crippen molar-refractivity contribution in [3.05, 3.63) is 65.4 Å². The lowest BCUT2D eigenvalue weighted by Crippen LogP contribution is -1.83. The largest absolute Gasteiger partial charge is 0.188 e. The van der Waals surface area contributed by atoms with Gasteiger partial charge in [-0.3, -0.25) is 0 Å². The SMILES string of the molecule is C[C]1C=C=C(N=C=Nc2ccc(C)cc2)C=C1. The number of allylic oxidation sites excluding steroid dienone is 2. The van der Waals surface area contributed by atoms with Crippen molar-refractivity contribution in [3.8, 4) is 0 Å². The Labute approximate surface area is 101 Å². The van der Waals surface area contributed by atoms with Gasteiger partial charge in [-0.1, -0.05) is 36.4 Å². The summed E-state index contributed by atoms with van der Waals surface area (Å²) < 4.78 is 0. The molecule has 0 aliphatic heterocycles. The predicted octanol–water partition coefficient (Wildman–Crippen LogP) is 4.00. The van der Waals surface area contributed by atoms with E-state index >= 15 is 0 Å². The van der Waals surface area contributed by atoms with Crippen molar-refractivity contribution in [2.75, 3.05) is 0 Å². The topological polar surface area (TPSA) is 24.7 Å². The summed E-state index contributed by atoms with van der Waals surface area (Å²) in [6.45, 7) is 4.06. The molecular formula is C15H13N2. The van der Waals surface area contributed by atoms with Crippen molar-refractivity contribution in [1.82, 2.24) is 0 Å². The summed E-state index contributed by atoms with van der Waals surface area (Å²) in [5.41, 5.74) is 5.85. The second kappa shape index (κ2) is 5.27. The highest BCUT2D eigenvalue weighted by atomic mass is 14.8. The molecule has 0 unspecified atom stereocenters. The van der Waals surface area contributed by atoms with Crippen LogP contribution in [0.2, 0.25) is 0 Å². The number of aliphatic imine (C=N–C) groups is 2. The highest BCUT2D eigenvalue weighted by molar-refractivity contribution is 5.55. The normalized spacial score (nSPS) is 14.1. The van der Waals surface area contributed by atoms with Gasteiger partial charge in [0.2, 0.25) is 0 Å². The van der Waals surface area contributed by atoms with Crippen molar-refractivity contribution in [1.29, 1.82) is 0 Å². The van der Waals surface area contributed by atoms with Gasteiger partial charge in [0.05, 0.1) is 5.69 Å². The maximum atomic E-state index is 4.13. The zero-order chi connectivity index (χ0) is 12.1. The van der Waals surface area contributed by atoms with Crippen molar-refractivity contribution < 1.29 is 0 Å². The van der Waals surface area contributed by atoms with E-state index in [2.05, 4.69) is 21.7 Å². The molecule has 17 heavy (non-hydrogen) atoms. The van der Waals surface area contributed by atoms with Crippen molar-refractivity contribution in [2.45, 2.75) is 13.8 Å². The minimum Gasteiger partial charge on any atom is -0.188 e. The second-order valence-electron chi connectivity index (χ2n) is 3.91. The second-order valence-corrected chi connectivity index (χ2v) is 3.91. The van der Waals surface area contributed by atoms with Gasteiger partial charge in [-0.15, -0.1) is 0 Å². The van der Waals surface area contributed by atoms with Crippen LogP contribution in [0.1, 0.15) is 12.5 Å². The van der Waals surface area contributed by atoms with E-state index in [1.165, 1.54) is 11.5 Å². The lowest BCUT2D eigenvalue weighted by atomic mass is 10.1. The molecule has 2 heteroatoms. The molecule has 1 aliphatic carbocycles. The molecule has 2 nitrogen and oxygen atoms in total. The van der Waals surface area contributed by atoms with E-state index in [0.717, 1.165) is 11.4 Å². The molecule has 0 bridgehead atoms. The van der Waals surface area contributed by atoms with Crippen LogP contribution in [-0.2, 0) is 0 Å². The van der Waals surface area contributed by atoms with E-state index in [-0.39, 0.29) is 0 Å². The third kappa shape index (κ3) is 3.42. The third-order valence-corrected chi connectivity index (χ3v) is 2.34. The Morgan fingerprint density at radius 3 is 2.41 bits per heavy atom. The first-order valence-electron chi connectivity index (χ1n) is 5.45. The van der Waals surface area contributed by atoms with Crippen LogP contribution in [0.15, 0.2) is 63.9 Å². The standard InChI is InChI=1S/C15H13N2/c1-12-3-7-14(8-4-12)16-11-17-15-9-5-13(2)6-10-15/h3-9H,1-2H3. The van der Waals surface area contributed by atoms with Crippen LogP contribution >= 0.6 is 0 Å². The smallest absolute Gasteiger partial charge is 0.116 e. The molecule has 1 aromatic carbocycles. The molecule has 1 radical (unpaired) electrons. The molecule has 0 atom stereocenters. The molecule has 1 aliphatic rings. The monoisotopic (exact) mass is 221 g/mol. The van der Waals surface area contributed by atoms with E-state index in [1.807, 2.05) is 56.3 Å². The number of hydrogen-bond donors (Lipinski definition) is 0. The van der Waals surface area contributed by atoms with E-state index in [1.54, 1.807) is 0 Å². The van der Waals surface area contributed by atoms with Gasteiger partial charge in [-0.05, 0) is 31.2 Å². The zero-order valence-electron chi connectivity index (χ0n) is 9.94. The fourth-order valence-electron chi connectivity index (χ4n) is 1.32. The first-order valence-corrected chi connectivity index (χ1v) is 5.45. The lowest BCUT2D eigenvalue weighted by molar-refractivity contribution is 1.28. The Morgan fingerprint density at radius 2 is 1.76 bits per heavy atom. The quantitative estimate of drug-likeness (QED) is 0.532. The molecule has 0 heterocycles. The lowest BCUT2D eigenvalue weighted by Gasteiger charge is -1.98. The van der Waals surface area contributed by atoms with Crippen molar-refractivity contribution in [3.63, 3.8) is 0 Å². The highest BCUT2D eigenvalue weighted by Gasteiger charge is 1.96. The predicted molar refractivity (Wildman–Crippen MR) is 70.4 cm³/mol. The average Bonchev–Trinajstić information content (AvgIpc) is 2.34. The minimum atomic E-state index is 0.742. The Bertz CT molecular complexity index is 549. The summed E-state index contributed by atoms with van der Waals surface area (Å²) in [6.07, 6.45) is 5.78. The van der Waals surface area contributed by atoms with Crippen LogP contribution in [0.3, 0.4) is 0 Å². The van der Waals surface area contributed by atoms with Gasteiger partial charge in [-0.2, -0.15) is 9.98 Å². The average molecular weight is 221 g/mol. The van der Waals surface area contributed by atoms with Crippen LogP contribution < -0.4 is 0 Å². The fourth-order valence-corrected chi connectivity index (χ4v) is 1.32. The molecule has 0 amide bonds. The number of benzene rings is 1. The van der Waals surface area contributed by atoms with Gasteiger partial charge < -0.3 is 0 Å². The van der Waals surface area contributed by atoms with Crippen molar-refractivity contribution in [2.24, 2.45) is 9.98 Å². The summed E-state index contributed by atoms with van der Waals surface area (Å²) >= 11 is 0. The maximum Gasteiger partial charge on any atom is 0.116 e. The van der Waals surface area contributed by atoms with E-state index < -0.39 is 0 Å². The maximum absolute atomic E-state index is 4.13. The molecule has 1 aromatic rings. The molecular weight excluding hydrogens is 208 g/mol. The Balaban J connectivity index is 2.14. The van der Waals surface area contributed by atoms with E-state index in [9.17, 15) is 0 Å². The Morgan fingerprint density at radius 1 is 1.00 bits per heavy atom. The number of rotatable bonds is 2. The summed E-state index contributed by atoms with van der Waals surface area (Å²) in [4.78, 5) is 8.22. The third-order valence-electron chi connectivity index (χ3n) is 2.34. The molecule has 0 saturated heterocycles. The molecule has 0 N–H and O–H groups in total. The Kier molecular flexibility index (Phi) is 3.52. The van der Waals surface area contributed by atoms with Gasteiger partial charge >= 0.3 is 0 Å². The van der Waals surface area contributed by atoms with Crippen LogP contribution in [0.25, 0.3) is 0 Å². The first kappa shape index (κ1) is 11.3. The summed E-state index contributed by atoms with van der Waals surface area (Å²) in [7, 11) is 0. The zero-order valence-corrected chi connectivity index (χ0v) is 9.94. The van der Waals surface area contributed by atoms with Crippen LogP contribution in [-0.4, -0.2) is 6.01 Å². The molecule has 0 spiro atoms. The fraction of sp³-hybridized carbons (Fsp3) is 0.133. The molecule has 83 valence electrons.